The van der Waals surface area contributed by atoms with E-state index in [-0.39, 0.29) is 16.5 Å². The van der Waals surface area contributed by atoms with Crippen LogP contribution in [0.4, 0.5) is 10.1 Å². The molecule has 0 spiro atoms. The van der Waals surface area contributed by atoms with Gasteiger partial charge in [0.2, 0.25) is 0 Å². The maximum Gasteiger partial charge on any atom is 0.250 e. The number of carbonyl (C=O) groups excluding carboxylic acids is 1. The molecule has 0 saturated heterocycles. The number of amides is 1. The number of benzene rings is 1. The smallest absolute Gasteiger partial charge is 0.250 e. The molecule has 1 atom stereocenters. The number of rotatable bonds is 4. The molecule has 0 aliphatic rings. The van der Waals surface area contributed by atoms with Crippen molar-refractivity contribution in [1.29, 1.82) is 0 Å². The largest absolute Gasteiger partial charge is 0.398 e. The van der Waals surface area contributed by atoms with Gasteiger partial charge in [0.05, 0.1) is 5.56 Å². The lowest BCUT2D eigenvalue weighted by atomic mass is 10.1. The fourth-order valence-corrected chi connectivity index (χ4v) is 2.13. The number of halogens is 1. The molecule has 4 N–H and O–H groups in total. The minimum Gasteiger partial charge on any atom is -0.398 e. The van der Waals surface area contributed by atoms with Crippen LogP contribution in [0.3, 0.4) is 0 Å². The first-order valence-electron chi connectivity index (χ1n) is 5.01. The second-order valence-corrected chi connectivity index (χ2v) is 5.05. The number of nitrogens with two attached hydrogens (primary N) is 2. The molecule has 1 aromatic carbocycles. The van der Waals surface area contributed by atoms with E-state index in [2.05, 4.69) is 0 Å². The summed E-state index contributed by atoms with van der Waals surface area (Å²) in [7, 11) is 0. The van der Waals surface area contributed by atoms with Gasteiger partial charge >= 0.3 is 0 Å². The fraction of sp³-hybridized carbons (Fsp3) is 0.364. The summed E-state index contributed by atoms with van der Waals surface area (Å²) in [5, 5.41) is 0.277. The van der Waals surface area contributed by atoms with Crippen LogP contribution in [-0.4, -0.2) is 11.2 Å². The van der Waals surface area contributed by atoms with Gasteiger partial charge < -0.3 is 11.5 Å². The van der Waals surface area contributed by atoms with Crippen LogP contribution in [0.15, 0.2) is 17.0 Å². The second kappa shape index (κ2) is 5.21. The Morgan fingerprint density at radius 3 is 2.69 bits per heavy atom. The zero-order valence-corrected chi connectivity index (χ0v) is 10.1. The van der Waals surface area contributed by atoms with Crippen molar-refractivity contribution < 1.29 is 9.18 Å². The quantitative estimate of drug-likeness (QED) is 0.629. The number of hydrogen-bond donors (Lipinski definition) is 2. The summed E-state index contributed by atoms with van der Waals surface area (Å²) in [5.41, 5.74) is 10.9. The minimum absolute atomic E-state index is 0.0819. The van der Waals surface area contributed by atoms with Crippen LogP contribution in [0.1, 0.15) is 30.6 Å². The number of thioether (sulfide) groups is 1. The van der Waals surface area contributed by atoms with E-state index in [1.165, 1.54) is 17.8 Å². The number of nitrogen functional groups attached to an aromatic ring is 1. The lowest BCUT2D eigenvalue weighted by molar-refractivity contribution is 0.100. The lowest BCUT2D eigenvalue weighted by Gasteiger charge is -2.11. The van der Waals surface area contributed by atoms with Gasteiger partial charge in [-0.25, -0.2) is 4.39 Å². The van der Waals surface area contributed by atoms with Crippen LogP contribution in [-0.2, 0) is 0 Å². The highest BCUT2D eigenvalue weighted by Gasteiger charge is 2.13. The monoisotopic (exact) mass is 242 g/mol. The molecule has 0 aromatic heterocycles. The van der Waals surface area contributed by atoms with Crippen molar-refractivity contribution in [2.45, 2.75) is 30.4 Å². The molecule has 1 aromatic rings. The summed E-state index contributed by atoms with van der Waals surface area (Å²) in [5.74, 6) is -1.05. The predicted octanol–water partition coefficient (Wildman–Crippen LogP) is 2.40. The third-order valence-electron chi connectivity index (χ3n) is 2.27. The van der Waals surface area contributed by atoms with Gasteiger partial charge in [-0.05, 0) is 18.6 Å². The molecule has 1 amide bonds. The molecule has 1 unspecified atom stereocenters. The molecule has 0 saturated carbocycles. The van der Waals surface area contributed by atoms with E-state index in [4.69, 9.17) is 11.5 Å². The van der Waals surface area contributed by atoms with Crippen LogP contribution < -0.4 is 11.5 Å². The normalized spacial score (nSPS) is 12.4. The summed E-state index contributed by atoms with van der Waals surface area (Å²) >= 11 is 1.37. The molecule has 0 radical (unpaired) electrons. The van der Waals surface area contributed by atoms with Crippen LogP contribution in [0, 0.1) is 5.82 Å². The maximum atomic E-state index is 13.5. The number of hydrogen-bond acceptors (Lipinski definition) is 3. The summed E-state index contributed by atoms with van der Waals surface area (Å²) in [6, 6.07) is 2.56. The minimum atomic E-state index is -0.636. The first-order chi connectivity index (χ1) is 7.45. The molecule has 0 aliphatic heterocycles. The summed E-state index contributed by atoms with van der Waals surface area (Å²) in [4.78, 5) is 11.5. The van der Waals surface area contributed by atoms with E-state index in [0.717, 1.165) is 12.5 Å². The highest BCUT2D eigenvalue weighted by molar-refractivity contribution is 8.00. The third kappa shape index (κ3) is 2.88. The molecule has 5 heteroatoms. The predicted molar refractivity (Wildman–Crippen MR) is 64.9 cm³/mol. The van der Waals surface area contributed by atoms with Gasteiger partial charge in [-0.3, -0.25) is 4.79 Å². The first kappa shape index (κ1) is 12.8. The average molecular weight is 242 g/mol. The summed E-state index contributed by atoms with van der Waals surface area (Å²) < 4.78 is 13.5. The van der Waals surface area contributed by atoms with E-state index >= 15 is 0 Å². The Morgan fingerprint density at radius 1 is 1.56 bits per heavy atom. The SMILES string of the molecule is CCC(C)Sc1cc(C(N)=O)c(N)cc1F. The van der Waals surface area contributed by atoms with Crippen molar-refractivity contribution in [2.75, 3.05) is 5.73 Å². The van der Waals surface area contributed by atoms with Gasteiger partial charge in [-0.2, -0.15) is 0 Å². The molecular formula is C11H15FN2OS. The molecule has 3 nitrogen and oxygen atoms in total. The Morgan fingerprint density at radius 2 is 2.19 bits per heavy atom. The summed E-state index contributed by atoms with van der Waals surface area (Å²) in [6.45, 7) is 4.01. The van der Waals surface area contributed by atoms with Gasteiger partial charge in [-0.15, -0.1) is 11.8 Å². The van der Waals surface area contributed by atoms with Crippen LogP contribution in [0.2, 0.25) is 0 Å². The fourth-order valence-electron chi connectivity index (χ4n) is 1.17. The topological polar surface area (TPSA) is 69.1 Å². The Balaban J connectivity index is 3.09. The van der Waals surface area contributed by atoms with Crippen LogP contribution in [0.5, 0.6) is 0 Å². The molecule has 0 heterocycles. The highest BCUT2D eigenvalue weighted by atomic mass is 32.2. The molecule has 88 valence electrons. The van der Waals surface area contributed by atoms with Crippen LogP contribution >= 0.6 is 11.8 Å². The third-order valence-corrected chi connectivity index (χ3v) is 3.58. The van der Waals surface area contributed by atoms with Gasteiger partial charge in [0.25, 0.3) is 5.91 Å². The van der Waals surface area contributed by atoms with Gasteiger partial charge in [0.1, 0.15) is 5.82 Å². The Hall–Kier alpha value is -1.23. The van der Waals surface area contributed by atoms with Crippen molar-refractivity contribution in [3.8, 4) is 0 Å². The average Bonchev–Trinajstić information content (AvgIpc) is 2.21. The van der Waals surface area contributed by atoms with E-state index in [0.29, 0.717) is 4.90 Å². The second-order valence-electron chi connectivity index (χ2n) is 3.57. The van der Waals surface area contributed by atoms with Crippen molar-refractivity contribution in [1.82, 2.24) is 0 Å². The summed E-state index contributed by atoms with van der Waals surface area (Å²) in [6.07, 6.45) is 0.917. The van der Waals surface area contributed by atoms with Gasteiger partial charge in [0.15, 0.2) is 0 Å². The Kier molecular flexibility index (Phi) is 4.18. The van der Waals surface area contributed by atoms with E-state index < -0.39 is 11.7 Å². The van der Waals surface area contributed by atoms with Gasteiger partial charge in [-0.1, -0.05) is 13.8 Å². The van der Waals surface area contributed by atoms with Crippen molar-refractivity contribution in [2.24, 2.45) is 5.73 Å². The van der Waals surface area contributed by atoms with Crippen molar-refractivity contribution in [3.63, 3.8) is 0 Å². The van der Waals surface area contributed by atoms with E-state index in [1.807, 2.05) is 13.8 Å². The standard InChI is InChI=1S/C11H15FN2OS/c1-3-6(2)16-10-4-7(11(14)15)9(13)5-8(10)12/h4-6H,3,13H2,1-2H3,(H2,14,15). The van der Waals surface area contributed by atoms with E-state index in [9.17, 15) is 9.18 Å². The number of anilines is 1. The van der Waals surface area contributed by atoms with Gasteiger partial charge in [0, 0.05) is 15.8 Å². The highest BCUT2D eigenvalue weighted by Crippen LogP contribution is 2.30. The Labute approximate surface area is 98.4 Å². The molecule has 0 fully saturated rings. The van der Waals surface area contributed by atoms with Crippen molar-refractivity contribution in [3.05, 3.63) is 23.5 Å². The first-order valence-corrected chi connectivity index (χ1v) is 5.89. The maximum absolute atomic E-state index is 13.5. The number of primary amides is 1. The molecule has 0 bridgehead atoms. The molecular weight excluding hydrogens is 227 g/mol. The van der Waals surface area contributed by atoms with Crippen molar-refractivity contribution >= 4 is 23.4 Å². The molecule has 1 rings (SSSR count). The lowest BCUT2D eigenvalue weighted by Crippen LogP contribution is -2.14. The molecule has 0 aliphatic carbocycles. The molecule has 16 heavy (non-hydrogen) atoms. The van der Waals surface area contributed by atoms with Crippen LogP contribution in [0.25, 0.3) is 0 Å². The zero-order chi connectivity index (χ0) is 12.3. The Bertz CT molecular complexity index is 409. The van der Waals surface area contributed by atoms with E-state index in [1.54, 1.807) is 0 Å². The zero-order valence-electron chi connectivity index (χ0n) is 9.29. The number of carbonyl (C=O) groups is 1.